The van der Waals surface area contributed by atoms with Gasteiger partial charge < -0.3 is 5.11 Å². The van der Waals surface area contributed by atoms with Gasteiger partial charge in [0.15, 0.2) is 0 Å². The van der Waals surface area contributed by atoms with Gasteiger partial charge in [-0.2, -0.15) is 0 Å². The van der Waals surface area contributed by atoms with Gasteiger partial charge in [0.25, 0.3) is 0 Å². The summed E-state index contributed by atoms with van der Waals surface area (Å²) in [7, 11) is 0. The number of benzene rings is 1. The molecule has 2 atom stereocenters. The smallest absolute Gasteiger partial charge is 0.119 e. The van der Waals surface area contributed by atoms with Crippen LogP contribution in [0.5, 0.6) is 5.75 Å². The van der Waals surface area contributed by atoms with Crippen molar-refractivity contribution in [1.29, 1.82) is 0 Å². The Morgan fingerprint density at radius 3 is 2.25 bits per heavy atom. The monoisotopic (exact) mass is 276 g/mol. The Kier molecular flexibility index (Phi) is 8.41. The third-order valence-corrected chi connectivity index (χ3v) is 4.54. The summed E-state index contributed by atoms with van der Waals surface area (Å²) >= 11 is 0. The van der Waals surface area contributed by atoms with Gasteiger partial charge >= 0.3 is 0 Å². The number of para-hydroxylation sites is 1. The van der Waals surface area contributed by atoms with Crippen LogP contribution in [0.2, 0.25) is 0 Å². The first-order valence-corrected chi connectivity index (χ1v) is 8.48. The molecule has 1 rings (SSSR count). The molecule has 0 bridgehead atoms. The second-order valence-corrected chi connectivity index (χ2v) is 6.11. The van der Waals surface area contributed by atoms with Crippen LogP contribution in [-0.2, 0) is 0 Å². The summed E-state index contributed by atoms with van der Waals surface area (Å²) in [6, 6.07) is 7.89. The first-order valence-electron chi connectivity index (χ1n) is 8.48. The summed E-state index contributed by atoms with van der Waals surface area (Å²) in [5.74, 6) is 1.62. The predicted octanol–water partition coefficient (Wildman–Crippen LogP) is 6.27. The third kappa shape index (κ3) is 5.56. The molecule has 1 aromatic carbocycles. The summed E-state index contributed by atoms with van der Waals surface area (Å²) in [5.41, 5.74) is 1.15. The van der Waals surface area contributed by atoms with E-state index in [0.717, 1.165) is 5.56 Å². The number of hydrogen-bond acceptors (Lipinski definition) is 1. The van der Waals surface area contributed by atoms with Crippen LogP contribution in [-0.4, -0.2) is 5.11 Å². The molecular formula is C19H32O. The quantitative estimate of drug-likeness (QED) is 0.499. The topological polar surface area (TPSA) is 20.2 Å². The van der Waals surface area contributed by atoms with E-state index in [4.69, 9.17) is 0 Å². The molecule has 1 aromatic rings. The minimum Gasteiger partial charge on any atom is -0.508 e. The van der Waals surface area contributed by atoms with Crippen molar-refractivity contribution in [2.45, 2.75) is 78.1 Å². The second-order valence-electron chi connectivity index (χ2n) is 6.11. The first kappa shape index (κ1) is 17.1. The lowest BCUT2D eigenvalue weighted by Gasteiger charge is -2.24. The molecular weight excluding hydrogens is 244 g/mol. The van der Waals surface area contributed by atoms with Crippen molar-refractivity contribution >= 4 is 0 Å². The van der Waals surface area contributed by atoms with E-state index >= 15 is 0 Å². The third-order valence-electron chi connectivity index (χ3n) is 4.54. The van der Waals surface area contributed by atoms with Gasteiger partial charge in [0.05, 0.1) is 0 Å². The van der Waals surface area contributed by atoms with E-state index in [9.17, 15) is 5.11 Å². The van der Waals surface area contributed by atoms with Crippen molar-refractivity contribution in [2.24, 2.45) is 5.92 Å². The Balaban J connectivity index is 2.51. The van der Waals surface area contributed by atoms with E-state index < -0.39 is 0 Å². The second kappa shape index (κ2) is 9.85. The molecule has 0 fully saturated rings. The van der Waals surface area contributed by atoms with Crippen LogP contribution >= 0.6 is 0 Å². The number of aromatic hydroxyl groups is 1. The van der Waals surface area contributed by atoms with Crippen molar-refractivity contribution in [1.82, 2.24) is 0 Å². The molecule has 0 amide bonds. The van der Waals surface area contributed by atoms with Gasteiger partial charge in [-0.3, -0.25) is 0 Å². The SMILES string of the molecule is CCCCCCCCC(c1ccccc1O)C(C)CC. The fourth-order valence-electron chi connectivity index (χ4n) is 2.98. The van der Waals surface area contributed by atoms with Crippen LogP contribution in [0.1, 0.15) is 83.6 Å². The van der Waals surface area contributed by atoms with Gasteiger partial charge in [0.2, 0.25) is 0 Å². The highest BCUT2D eigenvalue weighted by Gasteiger charge is 2.20. The van der Waals surface area contributed by atoms with E-state index in [0.29, 0.717) is 17.6 Å². The van der Waals surface area contributed by atoms with Crippen LogP contribution in [0.4, 0.5) is 0 Å². The van der Waals surface area contributed by atoms with Crippen molar-refractivity contribution in [3.63, 3.8) is 0 Å². The molecule has 0 aliphatic rings. The molecule has 0 aromatic heterocycles. The average molecular weight is 276 g/mol. The minimum atomic E-state index is 0.476. The maximum atomic E-state index is 10.1. The molecule has 0 spiro atoms. The lowest BCUT2D eigenvalue weighted by Crippen LogP contribution is -2.09. The fraction of sp³-hybridized carbons (Fsp3) is 0.684. The van der Waals surface area contributed by atoms with Gasteiger partial charge in [0, 0.05) is 0 Å². The molecule has 0 heterocycles. The molecule has 1 heteroatoms. The number of phenolic OH excluding ortho intramolecular Hbond substituents is 1. The van der Waals surface area contributed by atoms with Crippen LogP contribution in [0.15, 0.2) is 24.3 Å². The zero-order valence-corrected chi connectivity index (χ0v) is 13.6. The largest absolute Gasteiger partial charge is 0.508 e. The van der Waals surface area contributed by atoms with Gasteiger partial charge in [-0.25, -0.2) is 0 Å². The Hall–Kier alpha value is -0.980. The number of phenols is 1. The van der Waals surface area contributed by atoms with Gasteiger partial charge in [-0.15, -0.1) is 0 Å². The van der Waals surface area contributed by atoms with Crippen LogP contribution in [0, 0.1) is 5.92 Å². The van der Waals surface area contributed by atoms with Crippen molar-refractivity contribution < 1.29 is 5.11 Å². The molecule has 114 valence electrons. The van der Waals surface area contributed by atoms with Gasteiger partial charge in [-0.05, 0) is 29.9 Å². The van der Waals surface area contributed by atoms with Crippen LogP contribution < -0.4 is 0 Å². The highest BCUT2D eigenvalue weighted by molar-refractivity contribution is 5.35. The molecule has 0 saturated heterocycles. The molecule has 2 unspecified atom stereocenters. The average Bonchev–Trinajstić information content (AvgIpc) is 2.47. The van der Waals surface area contributed by atoms with Crippen LogP contribution in [0.3, 0.4) is 0 Å². The van der Waals surface area contributed by atoms with E-state index in [1.54, 1.807) is 0 Å². The molecule has 20 heavy (non-hydrogen) atoms. The molecule has 0 aliphatic carbocycles. The number of rotatable bonds is 10. The maximum absolute atomic E-state index is 10.1. The number of hydrogen-bond donors (Lipinski definition) is 1. The Bertz CT molecular complexity index is 359. The van der Waals surface area contributed by atoms with E-state index in [-0.39, 0.29) is 0 Å². The summed E-state index contributed by atoms with van der Waals surface area (Å²) in [5, 5.41) is 10.1. The molecule has 0 aliphatic heterocycles. The van der Waals surface area contributed by atoms with Crippen molar-refractivity contribution in [2.75, 3.05) is 0 Å². The maximum Gasteiger partial charge on any atom is 0.119 e. The summed E-state index contributed by atoms with van der Waals surface area (Å²) in [4.78, 5) is 0. The summed E-state index contributed by atoms with van der Waals surface area (Å²) in [6.07, 6.45) is 10.4. The standard InChI is InChI=1S/C19H32O/c1-4-6-7-8-9-10-13-17(16(3)5-2)18-14-11-12-15-19(18)20/h11-12,14-17,20H,4-10,13H2,1-3H3. The Labute approximate surface area is 125 Å². The van der Waals surface area contributed by atoms with Gasteiger partial charge in [-0.1, -0.05) is 83.9 Å². The van der Waals surface area contributed by atoms with Crippen molar-refractivity contribution in [3.8, 4) is 5.75 Å². The van der Waals surface area contributed by atoms with Gasteiger partial charge in [0.1, 0.15) is 5.75 Å². The summed E-state index contributed by atoms with van der Waals surface area (Å²) < 4.78 is 0. The summed E-state index contributed by atoms with van der Waals surface area (Å²) in [6.45, 7) is 6.82. The zero-order valence-electron chi connectivity index (χ0n) is 13.6. The highest BCUT2D eigenvalue weighted by Crippen LogP contribution is 2.36. The molecule has 0 saturated carbocycles. The van der Waals surface area contributed by atoms with E-state index in [1.807, 2.05) is 18.2 Å². The first-order chi connectivity index (χ1) is 9.70. The van der Waals surface area contributed by atoms with E-state index in [1.165, 1.54) is 51.4 Å². The Morgan fingerprint density at radius 2 is 1.60 bits per heavy atom. The Morgan fingerprint density at radius 1 is 0.950 bits per heavy atom. The normalized spacial score (nSPS) is 14.2. The van der Waals surface area contributed by atoms with E-state index in [2.05, 4.69) is 26.8 Å². The van der Waals surface area contributed by atoms with Crippen molar-refractivity contribution in [3.05, 3.63) is 29.8 Å². The lowest BCUT2D eigenvalue weighted by atomic mass is 9.81. The zero-order chi connectivity index (χ0) is 14.8. The molecule has 1 N–H and O–H groups in total. The lowest BCUT2D eigenvalue weighted by molar-refractivity contribution is 0.385. The molecule has 1 nitrogen and oxygen atoms in total. The fourth-order valence-corrected chi connectivity index (χ4v) is 2.98. The highest BCUT2D eigenvalue weighted by atomic mass is 16.3. The van der Waals surface area contributed by atoms with Crippen LogP contribution in [0.25, 0.3) is 0 Å². The number of unbranched alkanes of at least 4 members (excludes halogenated alkanes) is 5. The predicted molar refractivity (Wildman–Crippen MR) is 88.3 cm³/mol. The minimum absolute atomic E-state index is 0.476. The molecule has 0 radical (unpaired) electrons.